The highest BCUT2D eigenvalue weighted by atomic mass is 32.1. The van der Waals surface area contributed by atoms with Crippen molar-refractivity contribution < 1.29 is 0 Å². The van der Waals surface area contributed by atoms with Crippen molar-refractivity contribution in [3.05, 3.63) is 48.5 Å². The molecule has 0 amide bonds. The number of pyridine rings is 2. The Labute approximate surface area is 177 Å². The van der Waals surface area contributed by atoms with E-state index in [1.807, 2.05) is 37.5 Å². The number of nitrogens with one attached hydrogen (secondary N) is 2. The fourth-order valence-electron chi connectivity index (χ4n) is 4.24. The first kappa shape index (κ1) is 17.7. The van der Waals surface area contributed by atoms with Crippen LogP contribution >= 0.6 is 11.3 Å². The molecule has 4 aromatic rings. The van der Waals surface area contributed by atoms with Gasteiger partial charge in [-0.25, -0.2) is 15.0 Å². The molecule has 2 aliphatic rings. The normalized spacial score (nSPS) is 20.2. The Morgan fingerprint density at radius 2 is 2.13 bits per heavy atom. The van der Waals surface area contributed by atoms with Crippen LogP contribution in [0.1, 0.15) is 12.0 Å². The van der Waals surface area contributed by atoms with Crippen LogP contribution < -0.4 is 15.5 Å². The van der Waals surface area contributed by atoms with Crippen LogP contribution in [0.5, 0.6) is 0 Å². The second-order valence-electron chi connectivity index (χ2n) is 7.76. The minimum absolute atomic E-state index is 0.512. The van der Waals surface area contributed by atoms with Crippen molar-refractivity contribution in [2.24, 2.45) is 0 Å². The average Bonchev–Trinajstić information content (AvgIpc) is 3.49. The molecular weight excluding hydrogens is 396 g/mol. The maximum atomic E-state index is 4.78. The van der Waals surface area contributed by atoms with Gasteiger partial charge in [0.2, 0.25) is 0 Å². The van der Waals surface area contributed by atoms with E-state index in [4.69, 9.17) is 9.97 Å². The summed E-state index contributed by atoms with van der Waals surface area (Å²) in [5.41, 5.74) is 2.92. The van der Waals surface area contributed by atoms with Gasteiger partial charge in [0.1, 0.15) is 22.3 Å². The fourth-order valence-corrected chi connectivity index (χ4v) is 5.22. The molecule has 6 rings (SSSR count). The summed E-state index contributed by atoms with van der Waals surface area (Å²) in [7, 11) is 0. The number of rotatable bonds is 4. The third kappa shape index (κ3) is 3.06. The highest BCUT2D eigenvalue weighted by Gasteiger charge is 2.38. The van der Waals surface area contributed by atoms with E-state index in [-0.39, 0.29) is 0 Å². The minimum Gasteiger partial charge on any atom is -0.349 e. The maximum Gasteiger partial charge on any atom is 0.152 e. The van der Waals surface area contributed by atoms with Crippen LogP contribution in [0.3, 0.4) is 0 Å². The molecule has 30 heavy (non-hydrogen) atoms. The second kappa shape index (κ2) is 6.96. The summed E-state index contributed by atoms with van der Waals surface area (Å²) in [5, 5.41) is 7.71. The number of thiazole rings is 1. The van der Waals surface area contributed by atoms with Crippen molar-refractivity contribution in [1.29, 1.82) is 0 Å². The molecule has 2 atom stereocenters. The molecule has 8 nitrogen and oxygen atoms in total. The van der Waals surface area contributed by atoms with E-state index < -0.39 is 0 Å². The van der Waals surface area contributed by atoms with Gasteiger partial charge in [0, 0.05) is 43.6 Å². The number of fused-ring (bicyclic) bond motifs is 3. The van der Waals surface area contributed by atoms with E-state index in [0.29, 0.717) is 23.7 Å². The summed E-state index contributed by atoms with van der Waals surface area (Å²) in [6, 6.07) is 7.02. The summed E-state index contributed by atoms with van der Waals surface area (Å²) < 4.78 is 1.03. The molecule has 6 heterocycles. The monoisotopic (exact) mass is 416 g/mol. The molecule has 150 valence electrons. The fraction of sp³-hybridized carbons (Fsp3) is 0.286. The molecule has 2 aliphatic heterocycles. The number of hydrogen-bond donors (Lipinski definition) is 2. The summed E-state index contributed by atoms with van der Waals surface area (Å²) in [6.45, 7) is 4.05. The number of aromatic nitrogens is 5. The Balaban J connectivity index is 1.27. The van der Waals surface area contributed by atoms with E-state index in [1.165, 1.54) is 6.42 Å². The van der Waals surface area contributed by atoms with Gasteiger partial charge in [-0.15, -0.1) is 11.3 Å². The lowest BCUT2D eigenvalue weighted by Crippen LogP contribution is -2.44. The van der Waals surface area contributed by atoms with Crippen molar-refractivity contribution in [3.63, 3.8) is 0 Å². The average molecular weight is 417 g/mol. The van der Waals surface area contributed by atoms with Gasteiger partial charge < -0.3 is 15.5 Å². The predicted octanol–water partition coefficient (Wildman–Crippen LogP) is 3.15. The summed E-state index contributed by atoms with van der Waals surface area (Å²) >= 11 is 1.60. The largest absolute Gasteiger partial charge is 0.349 e. The lowest BCUT2D eigenvalue weighted by Gasteiger charge is -2.28. The van der Waals surface area contributed by atoms with Gasteiger partial charge in [-0.05, 0) is 25.0 Å². The molecule has 2 fully saturated rings. The Morgan fingerprint density at radius 3 is 2.97 bits per heavy atom. The molecule has 2 N–H and O–H groups in total. The van der Waals surface area contributed by atoms with Gasteiger partial charge >= 0.3 is 0 Å². The van der Waals surface area contributed by atoms with Crippen LogP contribution in [0.25, 0.3) is 20.9 Å². The topological polar surface area (TPSA) is 91.8 Å². The first-order chi connectivity index (χ1) is 14.7. The van der Waals surface area contributed by atoms with E-state index >= 15 is 0 Å². The second-order valence-corrected chi connectivity index (χ2v) is 8.79. The quantitative estimate of drug-likeness (QED) is 0.524. The van der Waals surface area contributed by atoms with Crippen LogP contribution in [0, 0.1) is 6.92 Å². The van der Waals surface area contributed by atoms with Crippen molar-refractivity contribution >= 4 is 39.0 Å². The van der Waals surface area contributed by atoms with Gasteiger partial charge in [0.05, 0.1) is 22.6 Å². The van der Waals surface area contributed by atoms with Crippen LogP contribution in [0.4, 0.5) is 17.5 Å². The zero-order chi connectivity index (χ0) is 20.1. The molecule has 0 aliphatic carbocycles. The van der Waals surface area contributed by atoms with Crippen LogP contribution in [-0.2, 0) is 0 Å². The van der Waals surface area contributed by atoms with Gasteiger partial charge in [-0.3, -0.25) is 9.97 Å². The van der Waals surface area contributed by atoms with Crippen LogP contribution in [-0.4, -0.2) is 50.1 Å². The van der Waals surface area contributed by atoms with Crippen LogP contribution in [0.15, 0.2) is 43.0 Å². The highest BCUT2D eigenvalue weighted by molar-refractivity contribution is 7.21. The molecule has 0 aromatic carbocycles. The Morgan fingerprint density at radius 1 is 1.17 bits per heavy atom. The molecule has 9 heteroatoms. The first-order valence-corrected chi connectivity index (χ1v) is 10.8. The summed E-state index contributed by atoms with van der Waals surface area (Å²) in [6.07, 6.45) is 8.39. The Bertz CT molecular complexity index is 1240. The molecule has 0 saturated carbocycles. The lowest BCUT2D eigenvalue weighted by atomic mass is 10.2. The number of aryl methyl sites for hydroxylation is 1. The summed E-state index contributed by atoms with van der Waals surface area (Å²) in [5.74, 6) is 2.30. The molecular formula is C21H20N8S. The van der Waals surface area contributed by atoms with Crippen molar-refractivity contribution in [2.75, 3.05) is 23.3 Å². The smallest absolute Gasteiger partial charge is 0.152 e. The summed E-state index contributed by atoms with van der Waals surface area (Å²) in [4.78, 5) is 25.3. The number of anilines is 3. The molecule has 2 saturated heterocycles. The molecule has 0 unspecified atom stereocenters. The van der Waals surface area contributed by atoms with E-state index in [2.05, 4.69) is 30.5 Å². The zero-order valence-corrected chi connectivity index (χ0v) is 17.2. The van der Waals surface area contributed by atoms with E-state index in [9.17, 15) is 0 Å². The molecule has 4 aromatic heterocycles. The number of piperazine rings is 1. The minimum atomic E-state index is 0.512. The first-order valence-electron chi connectivity index (χ1n) is 10.0. The maximum absolute atomic E-state index is 4.78. The van der Waals surface area contributed by atoms with E-state index in [1.54, 1.807) is 23.7 Å². The van der Waals surface area contributed by atoms with E-state index in [0.717, 1.165) is 45.4 Å². The van der Waals surface area contributed by atoms with Gasteiger partial charge in [-0.1, -0.05) is 6.07 Å². The number of nitrogens with zero attached hydrogens (tertiary/aromatic N) is 6. The van der Waals surface area contributed by atoms with Crippen molar-refractivity contribution in [3.8, 4) is 10.7 Å². The third-order valence-electron chi connectivity index (χ3n) is 5.72. The predicted molar refractivity (Wildman–Crippen MR) is 118 cm³/mol. The van der Waals surface area contributed by atoms with Crippen molar-refractivity contribution in [1.82, 2.24) is 30.2 Å². The van der Waals surface area contributed by atoms with Gasteiger partial charge in [-0.2, -0.15) is 0 Å². The SMILES string of the molecule is Cc1cccnc1-c1nc2cc(Nc3cncc(N4C[C@@H]5C[C@H]4CN5)n3)ncc2s1. The Kier molecular flexibility index (Phi) is 4.10. The molecule has 0 radical (unpaired) electrons. The van der Waals surface area contributed by atoms with Gasteiger partial charge in [0.25, 0.3) is 0 Å². The standard InChI is InChI=1S/C21H20N8S/c1-12-3-2-4-23-20(12)21-26-15-6-17(25-8-16(15)30-21)27-18-9-22-10-19(28-18)29-11-13-5-14(29)7-24-13/h2-4,6,8-10,13-14,24H,5,7,11H2,1H3,(H,25,27,28)/t13-,14-/m0/s1. The van der Waals surface area contributed by atoms with Gasteiger partial charge in [0.15, 0.2) is 5.82 Å². The Hall–Kier alpha value is -3.17. The van der Waals surface area contributed by atoms with Crippen molar-refractivity contribution in [2.45, 2.75) is 25.4 Å². The third-order valence-corrected chi connectivity index (χ3v) is 6.73. The molecule has 2 bridgehead atoms. The molecule has 0 spiro atoms. The lowest BCUT2D eigenvalue weighted by molar-refractivity contribution is 0.576. The number of hydrogen-bond acceptors (Lipinski definition) is 9. The zero-order valence-electron chi connectivity index (χ0n) is 16.4. The van der Waals surface area contributed by atoms with Crippen LogP contribution in [0.2, 0.25) is 0 Å². The highest BCUT2D eigenvalue weighted by Crippen LogP contribution is 2.32.